The lowest BCUT2D eigenvalue weighted by Crippen LogP contribution is -2.12. The van der Waals surface area contributed by atoms with Gasteiger partial charge in [0.05, 0.1) is 12.9 Å². The van der Waals surface area contributed by atoms with Crippen LogP contribution in [0.25, 0.3) is 0 Å². The Balaban J connectivity index is 3.42. The topological polar surface area (TPSA) is 63.6 Å². The molecule has 18 heavy (non-hydrogen) atoms. The average molecular weight is 293 g/mol. The largest absolute Gasteiger partial charge is 0.504 e. The average Bonchev–Trinajstić information content (AvgIpc) is 2.13. The molecule has 0 aliphatic heterocycles. The summed E-state index contributed by atoms with van der Waals surface area (Å²) in [6.07, 6.45) is 0. The molecule has 1 aromatic rings. The van der Waals surface area contributed by atoms with E-state index in [1.54, 1.807) is 12.1 Å². The normalized spacial score (nSPS) is 12.5. The van der Waals surface area contributed by atoms with Crippen LogP contribution in [0.5, 0.6) is 11.5 Å². The molecular weight excluding hydrogens is 276 g/mol. The first kappa shape index (κ1) is 15.1. The molecule has 0 heterocycles. The smallest absolute Gasteiger partial charge is 0.236 e. The van der Waals surface area contributed by atoms with E-state index in [0.717, 1.165) is 5.56 Å². The second-order valence-electron chi connectivity index (χ2n) is 5.12. The Morgan fingerprint density at radius 3 is 2.28 bits per heavy atom. The number of phenolic OH excluding ortho intramolecular Hbond substituents is 1. The highest BCUT2D eigenvalue weighted by atomic mass is 35.7. The van der Waals surface area contributed by atoms with Crippen molar-refractivity contribution in [1.82, 2.24) is 0 Å². The van der Waals surface area contributed by atoms with Gasteiger partial charge in [-0.2, -0.15) is 0 Å². The van der Waals surface area contributed by atoms with Crippen LogP contribution < -0.4 is 4.74 Å². The standard InChI is InChI=1S/C12H17ClO4S/c1-12(2,3)9-5-8(7-18(13,15)16)11(17-4)10(14)6-9/h5-6,14H,7H2,1-4H3. The van der Waals surface area contributed by atoms with Crippen molar-refractivity contribution < 1.29 is 18.3 Å². The second kappa shape index (κ2) is 4.97. The minimum Gasteiger partial charge on any atom is -0.504 e. The van der Waals surface area contributed by atoms with Crippen LogP contribution in [0.15, 0.2) is 12.1 Å². The fourth-order valence-electron chi connectivity index (χ4n) is 1.63. The van der Waals surface area contributed by atoms with Crippen LogP contribution in [0.1, 0.15) is 31.9 Å². The number of phenols is 1. The van der Waals surface area contributed by atoms with Gasteiger partial charge in [0.1, 0.15) is 0 Å². The Bertz CT molecular complexity index is 544. The van der Waals surface area contributed by atoms with Crippen LogP contribution in [0.4, 0.5) is 0 Å². The van der Waals surface area contributed by atoms with Crippen LogP contribution in [0.3, 0.4) is 0 Å². The minimum atomic E-state index is -3.71. The highest BCUT2D eigenvalue weighted by Gasteiger charge is 2.21. The third kappa shape index (κ3) is 3.78. The number of halogens is 1. The number of ether oxygens (including phenoxy) is 1. The zero-order chi connectivity index (χ0) is 14.1. The Morgan fingerprint density at radius 2 is 1.89 bits per heavy atom. The van der Waals surface area contributed by atoms with Crippen LogP contribution >= 0.6 is 10.7 Å². The summed E-state index contributed by atoms with van der Waals surface area (Å²) in [6.45, 7) is 5.90. The summed E-state index contributed by atoms with van der Waals surface area (Å²) >= 11 is 0. The van der Waals surface area contributed by atoms with E-state index < -0.39 is 9.05 Å². The van der Waals surface area contributed by atoms with Gasteiger partial charge in [-0.1, -0.05) is 26.8 Å². The van der Waals surface area contributed by atoms with Gasteiger partial charge in [0.15, 0.2) is 11.5 Å². The predicted octanol–water partition coefficient (Wildman–Crippen LogP) is 2.77. The monoisotopic (exact) mass is 292 g/mol. The number of hydrogen-bond donors (Lipinski definition) is 1. The van der Waals surface area contributed by atoms with Gasteiger partial charge in [-0.3, -0.25) is 0 Å². The van der Waals surface area contributed by atoms with Gasteiger partial charge in [-0.25, -0.2) is 8.42 Å². The van der Waals surface area contributed by atoms with E-state index >= 15 is 0 Å². The summed E-state index contributed by atoms with van der Waals surface area (Å²) in [4.78, 5) is 0. The summed E-state index contributed by atoms with van der Waals surface area (Å²) in [5, 5.41) is 9.87. The predicted molar refractivity (Wildman–Crippen MR) is 71.8 cm³/mol. The minimum absolute atomic E-state index is 0.0831. The lowest BCUT2D eigenvalue weighted by molar-refractivity contribution is 0.369. The molecule has 0 spiro atoms. The van der Waals surface area contributed by atoms with Gasteiger partial charge in [-0.15, -0.1) is 0 Å². The van der Waals surface area contributed by atoms with Crippen molar-refractivity contribution in [2.75, 3.05) is 7.11 Å². The first-order valence-electron chi connectivity index (χ1n) is 5.37. The highest BCUT2D eigenvalue weighted by molar-refractivity contribution is 8.13. The molecule has 0 bridgehead atoms. The molecule has 1 aromatic carbocycles. The first-order chi connectivity index (χ1) is 8.04. The highest BCUT2D eigenvalue weighted by Crippen LogP contribution is 2.37. The zero-order valence-corrected chi connectivity index (χ0v) is 12.4. The van der Waals surface area contributed by atoms with E-state index in [1.807, 2.05) is 20.8 Å². The van der Waals surface area contributed by atoms with E-state index in [0.29, 0.717) is 5.56 Å². The maximum Gasteiger partial charge on any atom is 0.236 e. The van der Waals surface area contributed by atoms with Crippen LogP contribution in [0, 0.1) is 0 Å². The zero-order valence-electron chi connectivity index (χ0n) is 10.8. The Hall–Kier alpha value is -0.940. The molecule has 0 atom stereocenters. The summed E-state index contributed by atoms with van der Waals surface area (Å²) in [6, 6.07) is 3.27. The molecule has 0 aliphatic rings. The van der Waals surface area contributed by atoms with E-state index in [9.17, 15) is 13.5 Å². The number of benzene rings is 1. The molecule has 102 valence electrons. The quantitative estimate of drug-likeness (QED) is 0.870. The third-order valence-electron chi connectivity index (χ3n) is 2.54. The fourth-order valence-corrected chi connectivity index (χ4v) is 2.57. The molecule has 6 heteroatoms. The van der Waals surface area contributed by atoms with Gasteiger partial charge < -0.3 is 9.84 Å². The molecule has 1 rings (SSSR count). The molecule has 0 amide bonds. The van der Waals surface area contributed by atoms with Crippen molar-refractivity contribution in [2.24, 2.45) is 0 Å². The molecule has 0 saturated heterocycles. The van der Waals surface area contributed by atoms with Gasteiger partial charge in [0.25, 0.3) is 0 Å². The maximum atomic E-state index is 11.2. The molecule has 0 unspecified atom stereocenters. The SMILES string of the molecule is COc1c(O)cc(C(C)(C)C)cc1CS(=O)(=O)Cl. The van der Waals surface area contributed by atoms with Crippen molar-refractivity contribution in [3.05, 3.63) is 23.3 Å². The molecule has 0 aliphatic carbocycles. The molecule has 0 saturated carbocycles. The molecule has 0 radical (unpaired) electrons. The molecular formula is C12H17ClO4S. The van der Waals surface area contributed by atoms with Crippen molar-refractivity contribution in [2.45, 2.75) is 31.9 Å². The van der Waals surface area contributed by atoms with E-state index in [4.69, 9.17) is 15.4 Å². The number of methoxy groups -OCH3 is 1. The van der Waals surface area contributed by atoms with E-state index in [1.165, 1.54) is 7.11 Å². The van der Waals surface area contributed by atoms with E-state index in [-0.39, 0.29) is 22.7 Å². The van der Waals surface area contributed by atoms with Gasteiger partial charge in [-0.05, 0) is 17.0 Å². The Morgan fingerprint density at radius 1 is 1.33 bits per heavy atom. The number of rotatable bonds is 3. The van der Waals surface area contributed by atoms with Gasteiger partial charge in [0.2, 0.25) is 9.05 Å². The third-order valence-corrected chi connectivity index (χ3v) is 3.53. The fraction of sp³-hybridized carbons (Fsp3) is 0.500. The van der Waals surface area contributed by atoms with Gasteiger partial charge >= 0.3 is 0 Å². The Labute approximate surface area is 112 Å². The summed E-state index contributed by atoms with van der Waals surface area (Å²) in [5.41, 5.74) is 0.961. The lowest BCUT2D eigenvalue weighted by atomic mass is 9.86. The van der Waals surface area contributed by atoms with Crippen LogP contribution in [0.2, 0.25) is 0 Å². The van der Waals surface area contributed by atoms with E-state index in [2.05, 4.69) is 0 Å². The van der Waals surface area contributed by atoms with Gasteiger partial charge in [0, 0.05) is 16.2 Å². The number of hydrogen-bond acceptors (Lipinski definition) is 4. The summed E-state index contributed by atoms with van der Waals surface area (Å²) < 4.78 is 27.4. The maximum absolute atomic E-state index is 11.2. The summed E-state index contributed by atoms with van der Waals surface area (Å²) in [7, 11) is 2.91. The summed E-state index contributed by atoms with van der Waals surface area (Å²) in [5.74, 6) is -0.317. The second-order valence-corrected chi connectivity index (χ2v) is 7.90. The van der Waals surface area contributed by atoms with Crippen molar-refractivity contribution >= 4 is 19.7 Å². The van der Waals surface area contributed by atoms with Crippen molar-refractivity contribution in [3.8, 4) is 11.5 Å². The van der Waals surface area contributed by atoms with Crippen molar-refractivity contribution in [1.29, 1.82) is 0 Å². The molecule has 1 N–H and O–H groups in total. The number of aromatic hydroxyl groups is 1. The molecule has 4 nitrogen and oxygen atoms in total. The first-order valence-corrected chi connectivity index (χ1v) is 7.85. The molecule has 0 aromatic heterocycles. The van der Waals surface area contributed by atoms with Crippen LogP contribution in [-0.2, 0) is 20.2 Å². The van der Waals surface area contributed by atoms with Crippen molar-refractivity contribution in [3.63, 3.8) is 0 Å². The lowest BCUT2D eigenvalue weighted by Gasteiger charge is -2.21. The van der Waals surface area contributed by atoms with Crippen LogP contribution in [-0.4, -0.2) is 20.6 Å². The Kier molecular flexibility index (Phi) is 4.18. The molecule has 0 fully saturated rings.